The van der Waals surface area contributed by atoms with Crippen LogP contribution < -0.4 is 4.74 Å². The monoisotopic (exact) mass is 544 g/mol. The average molecular weight is 545 g/mol. The van der Waals surface area contributed by atoms with Gasteiger partial charge in [-0.05, 0) is 97.9 Å². The van der Waals surface area contributed by atoms with E-state index in [-0.39, 0.29) is 29.2 Å². The van der Waals surface area contributed by atoms with Gasteiger partial charge in [0.2, 0.25) is 0 Å². The predicted molar refractivity (Wildman–Crippen MR) is 127 cm³/mol. The summed E-state index contributed by atoms with van der Waals surface area (Å²) in [6, 6.07) is 6.12. The highest BCUT2D eigenvalue weighted by Crippen LogP contribution is 2.75. The van der Waals surface area contributed by atoms with Crippen LogP contribution in [0.4, 0.5) is 26.3 Å². The molecular weight excluding hydrogens is 510 g/mol. The lowest BCUT2D eigenvalue weighted by molar-refractivity contribution is -0.371. The molecule has 1 N–H and O–H groups in total. The Hall–Kier alpha value is -1.52. The number of likely N-dealkylation sites (tertiary alicyclic amines) is 2. The maximum absolute atomic E-state index is 13.7. The van der Waals surface area contributed by atoms with Gasteiger partial charge >= 0.3 is 12.4 Å². The van der Waals surface area contributed by atoms with Crippen LogP contribution in [-0.4, -0.2) is 78.2 Å². The van der Waals surface area contributed by atoms with E-state index in [1.54, 1.807) is 7.11 Å². The minimum Gasteiger partial charge on any atom is -0.497 e. The molecule has 5 unspecified atom stereocenters. The van der Waals surface area contributed by atoms with Gasteiger partial charge < -0.3 is 9.84 Å². The van der Waals surface area contributed by atoms with Crippen LogP contribution in [0.25, 0.3) is 0 Å². The zero-order chi connectivity index (χ0) is 26.9. The Morgan fingerprint density at radius 3 is 2.42 bits per heavy atom. The number of ether oxygens (including phenoxy) is 1. The van der Waals surface area contributed by atoms with Crippen LogP contribution in [0.1, 0.15) is 49.7 Å². The molecule has 4 bridgehead atoms. The van der Waals surface area contributed by atoms with Gasteiger partial charge in [-0.1, -0.05) is 6.07 Å². The van der Waals surface area contributed by atoms with Crippen LogP contribution in [0.5, 0.6) is 5.75 Å². The van der Waals surface area contributed by atoms with Crippen molar-refractivity contribution in [2.24, 2.45) is 23.2 Å². The Morgan fingerprint density at radius 2 is 1.76 bits per heavy atom. The Labute approximate surface area is 218 Å². The first-order valence-electron chi connectivity index (χ1n) is 13.9. The fraction of sp³-hybridized carbons (Fsp3) is 0.786. The smallest absolute Gasteiger partial charge is 0.427 e. The lowest BCUT2D eigenvalue weighted by atomic mass is 9.43. The van der Waals surface area contributed by atoms with Crippen molar-refractivity contribution in [2.45, 2.75) is 80.4 Å². The molecule has 2 heterocycles. The third-order valence-electron chi connectivity index (χ3n) is 11.5. The molecule has 6 atom stereocenters. The number of benzene rings is 1. The van der Waals surface area contributed by atoms with E-state index >= 15 is 0 Å². The third-order valence-corrected chi connectivity index (χ3v) is 11.5. The van der Waals surface area contributed by atoms with Crippen molar-refractivity contribution < 1.29 is 36.2 Å². The van der Waals surface area contributed by atoms with E-state index in [0.29, 0.717) is 12.5 Å². The van der Waals surface area contributed by atoms with Crippen LogP contribution in [0.15, 0.2) is 18.2 Å². The molecule has 1 aromatic rings. The number of aliphatic hydroxyl groups is 1. The summed E-state index contributed by atoms with van der Waals surface area (Å²) in [6.45, 7) is 0.707. The van der Waals surface area contributed by atoms with E-state index < -0.39 is 30.5 Å². The molecule has 2 aliphatic heterocycles. The number of piperidine rings is 1. The maximum Gasteiger partial charge on any atom is 0.427 e. The Bertz CT molecular complexity index is 1120. The van der Waals surface area contributed by atoms with Gasteiger partial charge in [-0.2, -0.15) is 26.3 Å². The number of halogens is 6. The summed E-state index contributed by atoms with van der Waals surface area (Å²) >= 11 is 0. The lowest BCUT2D eigenvalue weighted by Crippen LogP contribution is -2.70. The highest BCUT2D eigenvalue weighted by molar-refractivity contribution is 5.51. The normalized spacial score (nSPS) is 38.7. The molecule has 0 spiro atoms. The molecule has 10 heteroatoms. The molecule has 210 valence electrons. The van der Waals surface area contributed by atoms with Crippen LogP contribution in [0.2, 0.25) is 0 Å². The number of alkyl halides is 6. The Kier molecular flexibility index (Phi) is 5.23. The standard InChI is InChI=1S/C28H34F6N2O2/c1-38-19-5-4-17-10-22-24-7-6-21-23(25(24,20(17)11-19)8-9-35(22)13-16-2-3-16)18(12-24)14-36(21)15-26(37,27(29,30)31)28(32,33)34/h4-5,11,16,18,21-23,37H,2-3,6-10,12-15H2,1H3/t18-,21?,22?,23?,24?,25?/m1/s1. The molecule has 0 amide bonds. The number of hydrogen-bond donors (Lipinski definition) is 1. The first-order chi connectivity index (χ1) is 17.8. The van der Waals surface area contributed by atoms with E-state index in [1.807, 2.05) is 6.07 Å². The quantitative estimate of drug-likeness (QED) is 0.534. The van der Waals surface area contributed by atoms with Gasteiger partial charge in [0.1, 0.15) is 5.75 Å². The van der Waals surface area contributed by atoms with Gasteiger partial charge in [0.15, 0.2) is 0 Å². The van der Waals surface area contributed by atoms with Crippen molar-refractivity contribution in [3.05, 3.63) is 29.3 Å². The van der Waals surface area contributed by atoms with Crippen molar-refractivity contribution in [1.82, 2.24) is 9.80 Å². The largest absolute Gasteiger partial charge is 0.497 e. The van der Waals surface area contributed by atoms with Crippen LogP contribution in [0, 0.1) is 23.2 Å². The average Bonchev–Trinajstić information content (AvgIpc) is 3.55. The van der Waals surface area contributed by atoms with Gasteiger partial charge in [0.05, 0.1) is 7.11 Å². The first-order valence-corrected chi connectivity index (χ1v) is 13.9. The van der Waals surface area contributed by atoms with Gasteiger partial charge in [-0.3, -0.25) is 9.80 Å². The molecule has 7 rings (SSSR count). The number of hydrogen-bond acceptors (Lipinski definition) is 4. The van der Waals surface area contributed by atoms with E-state index in [2.05, 4.69) is 17.0 Å². The molecule has 5 fully saturated rings. The number of β-amino-alcohol motifs (C(OH)–C–C–N with tert-alkyl or cyclic N) is 1. The number of fused-ring (bicyclic) bond motifs is 1. The topological polar surface area (TPSA) is 35.9 Å². The molecular formula is C28H34F6N2O2. The second kappa shape index (κ2) is 7.81. The molecule has 1 aromatic carbocycles. The van der Waals surface area contributed by atoms with E-state index in [0.717, 1.165) is 50.4 Å². The third kappa shape index (κ3) is 3.11. The Balaban J connectivity index is 1.31. The summed E-state index contributed by atoms with van der Waals surface area (Å²) in [6.07, 6.45) is -5.09. The molecule has 4 nitrogen and oxygen atoms in total. The Morgan fingerprint density at radius 1 is 1.03 bits per heavy atom. The fourth-order valence-corrected chi connectivity index (χ4v) is 9.99. The summed E-state index contributed by atoms with van der Waals surface area (Å²) in [5.74, 6) is 1.46. The van der Waals surface area contributed by atoms with Crippen molar-refractivity contribution in [1.29, 1.82) is 0 Å². The second-order valence-electron chi connectivity index (χ2n) is 12.9. The van der Waals surface area contributed by atoms with Gasteiger partial charge in [-0.15, -0.1) is 0 Å². The van der Waals surface area contributed by atoms with E-state index in [9.17, 15) is 31.4 Å². The fourth-order valence-electron chi connectivity index (χ4n) is 9.99. The zero-order valence-corrected chi connectivity index (χ0v) is 21.4. The van der Waals surface area contributed by atoms with Crippen molar-refractivity contribution in [2.75, 3.05) is 33.3 Å². The molecule has 2 saturated heterocycles. The predicted octanol–water partition coefficient (Wildman–Crippen LogP) is 4.93. The molecule has 0 aromatic heterocycles. The van der Waals surface area contributed by atoms with Crippen LogP contribution in [0.3, 0.4) is 0 Å². The summed E-state index contributed by atoms with van der Waals surface area (Å²) in [7, 11) is 1.62. The highest BCUT2D eigenvalue weighted by Gasteiger charge is 2.78. The van der Waals surface area contributed by atoms with Crippen LogP contribution in [-0.2, 0) is 11.8 Å². The number of methoxy groups -OCH3 is 1. The molecule has 4 aliphatic carbocycles. The number of nitrogens with zero attached hydrogens (tertiary/aromatic N) is 2. The molecule has 38 heavy (non-hydrogen) atoms. The lowest BCUT2D eigenvalue weighted by Gasteiger charge is -2.66. The minimum absolute atomic E-state index is 0.00810. The SMILES string of the molecule is COc1ccc2c(c1)C13CCN(CC4CC4)C(C2)C12CCC1C3[C@@H](CN1CC(O)(C(F)(F)F)C(F)(F)F)C2. The van der Waals surface area contributed by atoms with E-state index in [4.69, 9.17) is 4.74 Å². The highest BCUT2D eigenvalue weighted by atomic mass is 19.4. The van der Waals surface area contributed by atoms with Gasteiger partial charge in [-0.25, -0.2) is 0 Å². The first kappa shape index (κ1) is 25.4. The van der Waals surface area contributed by atoms with Crippen LogP contribution >= 0.6 is 0 Å². The minimum atomic E-state index is -5.80. The van der Waals surface area contributed by atoms with Gasteiger partial charge in [0, 0.05) is 37.1 Å². The van der Waals surface area contributed by atoms with Crippen molar-refractivity contribution in [3.8, 4) is 5.75 Å². The summed E-state index contributed by atoms with van der Waals surface area (Å²) in [5.41, 5.74) is -2.61. The van der Waals surface area contributed by atoms with Gasteiger partial charge in [0.25, 0.3) is 5.60 Å². The zero-order valence-electron chi connectivity index (χ0n) is 21.4. The van der Waals surface area contributed by atoms with Crippen molar-refractivity contribution in [3.63, 3.8) is 0 Å². The maximum atomic E-state index is 13.7. The second-order valence-corrected chi connectivity index (χ2v) is 12.9. The molecule has 6 aliphatic rings. The summed E-state index contributed by atoms with van der Waals surface area (Å²) in [4.78, 5) is 4.02. The summed E-state index contributed by atoms with van der Waals surface area (Å²) < 4.78 is 87.6. The molecule has 0 radical (unpaired) electrons. The van der Waals surface area contributed by atoms with E-state index in [1.165, 1.54) is 28.9 Å². The molecule has 3 saturated carbocycles. The number of rotatable bonds is 5. The summed E-state index contributed by atoms with van der Waals surface area (Å²) in [5, 5.41) is 10.1. The van der Waals surface area contributed by atoms with Crippen molar-refractivity contribution >= 4 is 0 Å².